The number of halogens is 1. The normalized spacial score (nSPS) is 24.0. The summed E-state index contributed by atoms with van der Waals surface area (Å²) in [6.07, 6.45) is 3.77. The van der Waals surface area contributed by atoms with Crippen LogP contribution in [0.2, 0.25) is 0 Å². The fourth-order valence-electron chi connectivity index (χ4n) is 3.77. The molecule has 3 rings (SSSR count). The van der Waals surface area contributed by atoms with Gasteiger partial charge in [-0.3, -0.25) is 4.79 Å². The summed E-state index contributed by atoms with van der Waals surface area (Å²) < 4.78 is 26.9. The largest absolute Gasteiger partial charge is 0.355 e. The third-order valence-corrected chi connectivity index (χ3v) is 7.12. The molecule has 2 saturated heterocycles. The fourth-order valence-corrected chi connectivity index (χ4v) is 5.38. The van der Waals surface area contributed by atoms with E-state index in [2.05, 4.69) is 10.6 Å². The van der Waals surface area contributed by atoms with Crippen LogP contribution in [-0.4, -0.2) is 51.4 Å². The Morgan fingerprint density at radius 3 is 2.67 bits per heavy atom. The minimum absolute atomic E-state index is 0. The molecule has 2 N–H and O–H groups in total. The number of hydrogen-bond donors (Lipinski definition) is 2. The van der Waals surface area contributed by atoms with E-state index in [4.69, 9.17) is 0 Å². The van der Waals surface area contributed by atoms with Crippen molar-refractivity contribution in [3.05, 3.63) is 35.9 Å². The minimum Gasteiger partial charge on any atom is -0.355 e. The quantitative estimate of drug-likeness (QED) is 0.742. The molecule has 8 heteroatoms. The Kier molecular flexibility index (Phi) is 8.54. The maximum absolute atomic E-state index is 12.7. The van der Waals surface area contributed by atoms with Crippen molar-refractivity contribution in [3.63, 3.8) is 0 Å². The van der Waals surface area contributed by atoms with Crippen LogP contribution in [0.3, 0.4) is 0 Å². The van der Waals surface area contributed by atoms with Crippen LogP contribution >= 0.6 is 12.4 Å². The lowest BCUT2D eigenvalue weighted by atomic mass is 9.97. The van der Waals surface area contributed by atoms with Gasteiger partial charge in [-0.05, 0) is 50.3 Å². The van der Waals surface area contributed by atoms with Gasteiger partial charge in [0.15, 0.2) is 0 Å². The molecule has 0 aromatic heterocycles. The Balaban J connectivity index is 0.00000261. The van der Waals surface area contributed by atoms with E-state index in [0.717, 1.165) is 44.3 Å². The molecule has 152 valence electrons. The number of nitrogens with zero attached hydrogens (tertiary/aromatic N) is 1. The Hall–Kier alpha value is -1.15. The van der Waals surface area contributed by atoms with Gasteiger partial charge in [0.2, 0.25) is 15.9 Å². The summed E-state index contributed by atoms with van der Waals surface area (Å²) in [7, 11) is -3.39. The molecule has 0 bridgehead atoms. The topological polar surface area (TPSA) is 78.5 Å². The third-order valence-electron chi connectivity index (χ3n) is 5.30. The monoisotopic (exact) mass is 415 g/mol. The van der Waals surface area contributed by atoms with Crippen molar-refractivity contribution in [1.82, 2.24) is 14.9 Å². The molecule has 6 nitrogen and oxygen atoms in total. The molecule has 2 aliphatic rings. The van der Waals surface area contributed by atoms with Gasteiger partial charge in [-0.2, -0.15) is 0 Å². The van der Waals surface area contributed by atoms with Crippen LogP contribution in [0.4, 0.5) is 0 Å². The van der Waals surface area contributed by atoms with Gasteiger partial charge in [0.1, 0.15) is 0 Å². The van der Waals surface area contributed by atoms with Crippen molar-refractivity contribution in [3.8, 4) is 0 Å². The molecule has 1 aromatic carbocycles. The maximum atomic E-state index is 12.7. The van der Waals surface area contributed by atoms with Crippen LogP contribution in [0.25, 0.3) is 0 Å². The summed E-state index contributed by atoms with van der Waals surface area (Å²) in [6.45, 7) is 3.48. The van der Waals surface area contributed by atoms with Crippen molar-refractivity contribution in [1.29, 1.82) is 0 Å². The fraction of sp³-hybridized carbons (Fsp3) is 0.632. The number of benzene rings is 1. The summed E-state index contributed by atoms with van der Waals surface area (Å²) >= 11 is 0. The molecule has 2 unspecified atom stereocenters. The van der Waals surface area contributed by atoms with Crippen molar-refractivity contribution < 1.29 is 13.2 Å². The zero-order chi connectivity index (χ0) is 18.4. The van der Waals surface area contributed by atoms with E-state index in [0.29, 0.717) is 25.6 Å². The predicted octanol–water partition coefficient (Wildman–Crippen LogP) is 1.77. The van der Waals surface area contributed by atoms with Gasteiger partial charge < -0.3 is 10.6 Å². The van der Waals surface area contributed by atoms with E-state index >= 15 is 0 Å². The number of nitrogens with one attached hydrogen (secondary N) is 2. The number of sulfonamides is 1. The Morgan fingerprint density at radius 2 is 1.96 bits per heavy atom. The molecule has 27 heavy (non-hydrogen) atoms. The van der Waals surface area contributed by atoms with Crippen LogP contribution < -0.4 is 10.6 Å². The second kappa shape index (κ2) is 10.4. The van der Waals surface area contributed by atoms with Crippen molar-refractivity contribution in [2.75, 3.05) is 32.7 Å². The van der Waals surface area contributed by atoms with Crippen LogP contribution in [0.1, 0.15) is 31.2 Å². The van der Waals surface area contributed by atoms with Gasteiger partial charge in [-0.25, -0.2) is 12.7 Å². The number of carbonyl (C=O) groups excluding carboxylic acids is 1. The molecule has 1 aromatic rings. The summed E-state index contributed by atoms with van der Waals surface area (Å²) in [6, 6.07) is 9.21. The Morgan fingerprint density at radius 1 is 1.19 bits per heavy atom. The van der Waals surface area contributed by atoms with E-state index in [-0.39, 0.29) is 30.0 Å². The summed E-state index contributed by atoms with van der Waals surface area (Å²) in [5.74, 6) is 0.228. The molecule has 0 saturated carbocycles. The highest BCUT2D eigenvalue weighted by Crippen LogP contribution is 2.22. The van der Waals surface area contributed by atoms with Gasteiger partial charge >= 0.3 is 0 Å². The molecular formula is C19H30ClN3O3S. The Labute approximate surface area is 168 Å². The third kappa shape index (κ3) is 6.45. The highest BCUT2D eigenvalue weighted by atomic mass is 35.5. The van der Waals surface area contributed by atoms with E-state index in [1.54, 1.807) is 0 Å². The van der Waals surface area contributed by atoms with Crippen LogP contribution in [0, 0.1) is 11.8 Å². The first-order valence-corrected chi connectivity index (χ1v) is 11.2. The molecule has 2 atom stereocenters. The van der Waals surface area contributed by atoms with Gasteiger partial charge in [-0.1, -0.05) is 30.3 Å². The zero-order valence-corrected chi connectivity index (χ0v) is 17.2. The first-order chi connectivity index (χ1) is 12.5. The minimum atomic E-state index is -3.39. The standard InChI is InChI=1S/C19H29N3O3S.ClH/c23-19(21-13-17-8-4-10-20-12-17)18-9-5-11-22(14-18)26(24,25)15-16-6-2-1-3-7-16;/h1-3,6-7,17-18,20H,4-5,8-15H2,(H,21,23);1H. The predicted molar refractivity (Wildman–Crippen MR) is 109 cm³/mol. The number of rotatable bonds is 6. The molecule has 2 aliphatic heterocycles. The molecule has 0 spiro atoms. The lowest BCUT2D eigenvalue weighted by Gasteiger charge is -2.32. The number of amides is 1. The van der Waals surface area contributed by atoms with E-state index in [9.17, 15) is 13.2 Å². The summed E-state index contributed by atoms with van der Waals surface area (Å²) in [4.78, 5) is 12.5. The van der Waals surface area contributed by atoms with E-state index < -0.39 is 10.0 Å². The van der Waals surface area contributed by atoms with Gasteiger partial charge in [0, 0.05) is 19.6 Å². The number of carbonyl (C=O) groups is 1. The van der Waals surface area contributed by atoms with Crippen LogP contribution in [-0.2, 0) is 20.6 Å². The van der Waals surface area contributed by atoms with Crippen LogP contribution in [0.5, 0.6) is 0 Å². The van der Waals surface area contributed by atoms with Gasteiger partial charge in [-0.15, -0.1) is 12.4 Å². The summed E-state index contributed by atoms with van der Waals surface area (Å²) in [5.41, 5.74) is 0.781. The van der Waals surface area contributed by atoms with Crippen LogP contribution in [0.15, 0.2) is 30.3 Å². The lowest BCUT2D eigenvalue weighted by molar-refractivity contribution is -0.126. The number of piperidine rings is 2. The van der Waals surface area contributed by atoms with E-state index in [1.807, 2.05) is 30.3 Å². The average molecular weight is 416 g/mol. The smallest absolute Gasteiger partial charge is 0.224 e. The molecule has 0 radical (unpaired) electrons. The SMILES string of the molecule is Cl.O=C(NCC1CCCNC1)C1CCCN(S(=O)(=O)Cc2ccccc2)C1. The molecule has 1 amide bonds. The highest BCUT2D eigenvalue weighted by Gasteiger charge is 2.32. The zero-order valence-electron chi connectivity index (χ0n) is 15.6. The van der Waals surface area contributed by atoms with Crippen molar-refractivity contribution in [2.45, 2.75) is 31.4 Å². The molecule has 0 aliphatic carbocycles. The highest BCUT2D eigenvalue weighted by molar-refractivity contribution is 7.88. The first kappa shape index (κ1) is 22.1. The lowest BCUT2D eigenvalue weighted by Crippen LogP contribution is -2.47. The second-order valence-corrected chi connectivity index (χ2v) is 9.37. The van der Waals surface area contributed by atoms with Gasteiger partial charge in [0.05, 0.1) is 11.7 Å². The van der Waals surface area contributed by atoms with Crippen molar-refractivity contribution in [2.24, 2.45) is 11.8 Å². The maximum Gasteiger partial charge on any atom is 0.224 e. The van der Waals surface area contributed by atoms with E-state index in [1.165, 1.54) is 4.31 Å². The average Bonchev–Trinajstić information content (AvgIpc) is 2.67. The molecule has 2 fully saturated rings. The first-order valence-electron chi connectivity index (χ1n) is 9.55. The molecule has 2 heterocycles. The summed E-state index contributed by atoms with van der Waals surface area (Å²) in [5, 5.41) is 6.39. The molecular weight excluding hydrogens is 386 g/mol. The second-order valence-electron chi connectivity index (χ2n) is 7.40. The number of hydrogen-bond acceptors (Lipinski definition) is 4. The van der Waals surface area contributed by atoms with Crippen molar-refractivity contribution >= 4 is 28.3 Å². The Bertz CT molecular complexity index is 693. The van der Waals surface area contributed by atoms with Gasteiger partial charge in [0.25, 0.3) is 0 Å².